The van der Waals surface area contributed by atoms with Gasteiger partial charge in [0.15, 0.2) is 5.82 Å². The number of nitrogens with one attached hydrogen (secondary N) is 1. The first-order valence-electron chi connectivity index (χ1n) is 3.57. The van der Waals surface area contributed by atoms with Gasteiger partial charge < -0.3 is 5.73 Å². The number of nitrogens with zero attached hydrogens (tertiary/aromatic N) is 2. The second kappa shape index (κ2) is 2.65. The largest absolute Gasteiger partial charge is 0.399 e. The molecule has 0 unspecified atom stereocenters. The topological polar surface area (TPSA) is 67.6 Å². The molecular formula is C8H8N4. The summed E-state index contributed by atoms with van der Waals surface area (Å²) >= 11 is 0. The van der Waals surface area contributed by atoms with Crippen LogP contribution in [0.4, 0.5) is 5.69 Å². The van der Waals surface area contributed by atoms with E-state index in [1.165, 1.54) is 6.33 Å². The van der Waals surface area contributed by atoms with Crippen LogP contribution in [0, 0.1) is 0 Å². The molecule has 0 radical (unpaired) electrons. The van der Waals surface area contributed by atoms with Gasteiger partial charge >= 0.3 is 0 Å². The first-order chi connectivity index (χ1) is 5.86. The van der Waals surface area contributed by atoms with E-state index >= 15 is 0 Å². The number of H-pyrrole nitrogens is 1. The molecule has 60 valence electrons. The van der Waals surface area contributed by atoms with Gasteiger partial charge in [0.1, 0.15) is 6.33 Å². The molecule has 0 bridgehead atoms. The number of aromatic nitrogens is 3. The molecule has 12 heavy (non-hydrogen) atoms. The summed E-state index contributed by atoms with van der Waals surface area (Å²) in [4.78, 5) is 4.01. The van der Waals surface area contributed by atoms with Crippen LogP contribution in [0.1, 0.15) is 0 Å². The Hall–Kier alpha value is -1.84. The van der Waals surface area contributed by atoms with Crippen molar-refractivity contribution in [1.29, 1.82) is 0 Å². The molecule has 1 heterocycles. The van der Waals surface area contributed by atoms with E-state index in [1.54, 1.807) is 0 Å². The van der Waals surface area contributed by atoms with Gasteiger partial charge in [0, 0.05) is 11.3 Å². The Morgan fingerprint density at radius 1 is 1.17 bits per heavy atom. The molecule has 0 aliphatic rings. The third-order valence-corrected chi connectivity index (χ3v) is 1.60. The summed E-state index contributed by atoms with van der Waals surface area (Å²) in [5.74, 6) is 0.759. The van der Waals surface area contributed by atoms with Crippen molar-refractivity contribution in [2.24, 2.45) is 0 Å². The zero-order valence-electron chi connectivity index (χ0n) is 6.36. The number of anilines is 1. The fraction of sp³-hybridized carbons (Fsp3) is 0. The van der Waals surface area contributed by atoms with Crippen LogP contribution in [0.5, 0.6) is 0 Å². The molecule has 0 saturated carbocycles. The standard InChI is InChI=1S/C8H8N4/c9-7-3-1-6(2-4-7)8-10-5-11-12-8/h1-5H,9H2,(H,10,11,12). The molecule has 0 spiro atoms. The number of rotatable bonds is 1. The predicted molar refractivity (Wildman–Crippen MR) is 46.2 cm³/mol. The fourth-order valence-corrected chi connectivity index (χ4v) is 0.986. The molecule has 0 amide bonds. The lowest BCUT2D eigenvalue weighted by molar-refractivity contribution is 1.10. The smallest absolute Gasteiger partial charge is 0.155 e. The third kappa shape index (κ3) is 1.14. The quantitative estimate of drug-likeness (QED) is 0.613. The summed E-state index contributed by atoms with van der Waals surface area (Å²) in [7, 11) is 0. The Morgan fingerprint density at radius 3 is 2.50 bits per heavy atom. The molecule has 0 aliphatic carbocycles. The highest BCUT2D eigenvalue weighted by Gasteiger charge is 1.97. The van der Waals surface area contributed by atoms with Crippen LogP contribution in [0.3, 0.4) is 0 Å². The second-order valence-corrected chi connectivity index (χ2v) is 2.46. The van der Waals surface area contributed by atoms with Crippen LogP contribution in [0.15, 0.2) is 30.6 Å². The van der Waals surface area contributed by atoms with Crippen LogP contribution >= 0.6 is 0 Å². The van der Waals surface area contributed by atoms with Crippen molar-refractivity contribution >= 4 is 5.69 Å². The molecule has 0 saturated heterocycles. The molecular weight excluding hydrogens is 152 g/mol. The molecule has 4 heteroatoms. The SMILES string of the molecule is Nc1ccc(-c2ncn[nH]2)cc1. The van der Waals surface area contributed by atoms with Crippen molar-refractivity contribution in [3.05, 3.63) is 30.6 Å². The van der Waals surface area contributed by atoms with Gasteiger partial charge in [-0.25, -0.2) is 4.98 Å². The van der Waals surface area contributed by atoms with Gasteiger partial charge in [-0.3, -0.25) is 5.10 Å². The summed E-state index contributed by atoms with van der Waals surface area (Å²) in [6, 6.07) is 7.46. The first kappa shape index (κ1) is 6.84. The molecule has 0 aliphatic heterocycles. The maximum Gasteiger partial charge on any atom is 0.155 e. The van der Waals surface area contributed by atoms with E-state index in [1.807, 2.05) is 24.3 Å². The average Bonchev–Trinajstić information content (AvgIpc) is 2.58. The van der Waals surface area contributed by atoms with Crippen molar-refractivity contribution in [3.8, 4) is 11.4 Å². The third-order valence-electron chi connectivity index (χ3n) is 1.60. The van der Waals surface area contributed by atoms with Gasteiger partial charge in [-0.2, -0.15) is 5.10 Å². The minimum Gasteiger partial charge on any atom is -0.399 e. The summed E-state index contributed by atoms with van der Waals surface area (Å²) in [6.07, 6.45) is 1.48. The minimum atomic E-state index is 0.748. The summed E-state index contributed by atoms with van der Waals surface area (Å²) in [6.45, 7) is 0. The van der Waals surface area contributed by atoms with E-state index in [0.29, 0.717) is 0 Å². The zero-order chi connectivity index (χ0) is 8.39. The summed E-state index contributed by atoms with van der Waals surface area (Å²) in [5, 5.41) is 6.52. The number of hydrogen-bond acceptors (Lipinski definition) is 3. The van der Waals surface area contributed by atoms with Crippen molar-refractivity contribution in [3.63, 3.8) is 0 Å². The van der Waals surface area contributed by atoms with E-state index in [4.69, 9.17) is 5.73 Å². The molecule has 0 atom stereocenters. The first-order valence-corrected chi connectivity index (χ1v) is 3.57. The van der Waals surface area contributed by atoms with E-state index in [0.717, 1.165) is 17.1 Å². The van der Waals surface area contributed by atoms with Crippen LogP contribution in [-0.2, 0) is 0 Å². The van der Waals surface area contributed by atoms with E-state index in [2.05, 4.69) is 15.2 Å². The number of nitrogen functional groups attached to an aromatic ring is 1. The van der Waals surface area contributed by atoms with Crippen molar-refractivity contribution in [2.45, 2.75) is 0 Å². The number of aromatic amines is 1. The number of nitrogens with two attached hydrogens (primary N) is 1. The van der Waals surface area contributed by atoms with Crippen LogP contribution < -0.4 is 5.73 Å². The molecule has 1 aromatic heterocycles. The maximum atomic E-state index is 5.53. The second-order valence-electron chi connectivity index (χ2n) is 2.46. The van der Waals surface area contributed by atoms with Crippen LogP contribution in [-0.4, -0.2) is 15.2 Å². The lowest BCUT2D eigenvalue weighted by Gasteiger charge is -1.95. The monoisotopic (exact) mass is 160 g/mol. The Kier molecular flexibility index (Phi) is 1.51. The maximum absolute atomic E-state index is 5.53. The predicted octanol–water partition coefficient (Wildman–Crippen LogP) is 1.05. The van der Waals surface area contributed by atoms with Crippen LogP contribution in [0.2, 0.25) is 0 Å². The van der Waals surface area contributed by atoms with Crippen molar-refractivity contribution in [2.75, 3.05) is 5.73 Å². The Bertz CT molecular complexity index is 349. The molecule has 0 fully saturated rings. The Balaban J connectivity index is 2.43. The highest BCUT2D eigenvalue weighted by Crippen LogP contribution is 2.14. The molecule has 2 aromatic rings. The fourth-order valence-electron chi connectivity index (χ4n) is 0.986. The minimum absolute atomic E-state index is 0.748. The Morgan fingerprint density at radius 2 is 1.92 bits per heavy atom. The molecule has 1 aromatic carbocycles. The van der Waals surface area contributed by atoms with E-state index < -0.39 is 0 Å². The molecule has 2 rings (SSSR count). The zero-order valence-corrected chi connectivity index (χ0v) is 6.36. The van der Waals surface area contributed by atoms with Gasteiger partial charge in [0.25, 0.3) is 0 Å². The van der Waals surface area contributed by atoms with Crippen molar-refractivity contribution in [1.82, 2.24) is 15.2 Å². The van der Waals surface area contributed by atoms with Crippen LogP contribution in [0.25, 0.3) is 11.4 Å². The highest BCUT2D eigenvalue weighted by molar-refractivity contribution is 5.57. The summed E-state index contributed by atoms with van der Waals surface area (Å²) < 4.78 is 0. The molecule has 4 nitrogen and oxygen atoms in total. The molecule has 3 N–H and O–H groups in total. The lowest BCUT2D eigenvalue weighted by Crippen LogP contribution is -1.84. The van der Waals surface area contributed by atoms with Gasteiger partial charge in [-0.1, -0.05) is 0 Å². The van der Waals surface area contributed by atoms with E-state index in [9.17, 15) is 0 Å². The lowest BCUT2D eigenvalue weighted by atomic mass is 10.2. The normalized spacial score (nSPS) is 10.0. The van der Waals surface area contributed by atoms with Gasteiger partial charge in [-0.05, 0) is 24.3 Å². The van der Waals surface area contributed by atoms with Crippen molar-refractivity contribution < 1.29 is 0 Å². The van der Waals surface area contributed by atoms with E-state index in [-0.39, 0.29) is 0 Å². The van der Waals surface area contributed by atoms with Gasteiger partial charge in [0.05, 0.1) is 0 Å². The van der Waals surface area contributed by atoms with Gasteiger partial charge in [-0.15, -0.1) is 0 Å². The average molecular weight is 160 g/mol. The number of hydrogen-bond donors (Lipinski definition) is 2. The van der Waals surface area contributed by atoms with Gasteiger partial charge in [0.2, 0.25) is 0 Å². The summed E-state index contributed by atoms with van der Waals surface area (Å²) in [5.41, 5.74) is 7.27. The highest BCUT2D eigenvalue weighted by atomic mass is 15.2. The Labute approximate surface area is 69.4 Å². The number of benzene rings is 1.